The molecule has 16 heavy (non-hydrogen) atoms. The van der Waals surface area contributed by atoms with Crippen molar-refractivity contribution in [3.05, 3.63) is 35.4 Å². The minimum absolute atomic E-state index is 0.284. The van der Waals surface area contributed by atoms with E-state index in [-0.39, 0.29) is 6.23 Å². The number of fused-ring (bicyclic) bond motifs is 1. The topological polar surface area (TPSA) is 23.5 Å². The molecule has 2 nitrogen and oxygen atoms in total. The van der Waals surface area contributed by atoms with Gasteiger partial charge in [-0.3, -0.25) is 4.90 Å². The maximum atomic E-state index is 10.1. The van der Waals surface area contributed by atoms with Crippen LogP contribution in [0.2, 0.25) is 0 Å². The zero-order chi connectivity index (χ0) is 11.5. The molecule has 0 fully saturated rings. The summed E-state index contributed by atoms with van der Waals surface area (Å²) < 4.78 is 0. The van der Waals surface area contributed by atoms with Crippen molar-refractivity contribution in [2.75, 3.05) is 6.54 Å². The maximum Gasteiger partial charge on any atom is 0.107 e. The molecule has 2 heteroatoms. The van der Waals surface area contributed by atoms with E-state index in [4.69, 9.17) is 0 Å². The summed E-state index contributed by atoms with van der Waals surface area (Å²) >= 11 is 0. The smallest absolute Gasteiger partial charge is 0.107 e. The second kappa shape index (κ2) is 4.98. The summed E-state index contributed by atoms with van der Waals surface area (Å²) in [5.41, 5.74) is 2.82. The minimum Gasteiger partial charge on any atom is -0.378 e. The number of aliphatic hydroxyl groups is 1. The summed E-state index contributed by atoms with van der Waals surface area (Å²) in [7, 11) is 0. The summed E-state index contributed by atoms with van der Waals surface area (Å²) in [4.78, 5) is 2.21. The Morgan fingerprint density at radius 1 is 1.44 bits per heavy atom. The van der Waals surface area contributed by atoms with E-state index in [1.165, 1.54) is 11.1 Å². The molecule has 0 aromatic heterocycles. The molecule has 1 aromatic rings. The van der Waals surface area contributed by atoms with Gasteiger partial charge in [0.15, 0.2) is 0 Å². The first-order valence-electron chi connectivity index (χ1n) is 6.25. The van der Waals surface area contributed by atoms with E-state index < -0.39 is 0 Å². The Bertz CT molecular complexity index is 350. The van der Waals surface area contributed by atoms with Crippen LogP contribution in [0.15, 0.2) is 24.3 Å². The first-order valence-corrected chi connectivity index (χ1v) is 6.25. The second-order valence-corrected chi connectivity index (χ2v) is 4.63. The van der Waals surface area contributed by atoms with Crippen LogP contribution in [-0.2, 0) is 6.42 Å². The van der Waals surface area contributed by atoms with Gasteiger partial charge in [0.25, 0.3) is 0 Å². The van der Waals surface area contributed by atoms with Crippen LogP contribution in [0.3, 0.4) is 0 Å². The number of benzene rings is 1. The van der Waals surface area contributed by atoms with Gasteiger partial charge in [0.05, 0.1) is 0 Å². The van der Waals surface area contributed by atoms with Crippen molar-refractivity contribution in [3.8, 4) is 0 Å². The molecular weight excluding hydrogens is 198 g/mol. The lowest BCUT2D eigenvalue weighted by atomic mass is 9.93. The van der Waals surface area contributed by atoms with E-state index in [0.717, 1.165) is 25.8 Å². The fraction of sp³-hybridized carbons (Fsp3) is 0.571. The van der Waals surface area contributed by atoms with Gasteiger partial charge in [-0.05, 0) is 30.9 Å². The van der Waals surface area contributed by atoms with Gasteiger partial charge >= 0.3 is 0 Å². The van der Waals surface area contributed by atoms with E-state index in [2.05, 4.69) is 43.0 Å². The highest BCUT2D eigenvalue weighted by atomic mass is 16.3. The number of aliphatic hydroxyl groups excluding tert-OH is 1. The van der Waals surface area contributed by atoms with E-state index in [1.54, 1.807) is 0 Å². The maximum absolute atomic E-state index is 10.1. The lowest BCUT2D eigenvalue weighted by molar-refractivity contribution is -0.0313. The van der Waals surface area contributed by atoms with E-state index in [0.29, 0.717) is 6.04 Å². The Kier molecular flexibility index (Phi) is 3.62. The lowest BCUT2D eigenvalue weighted by Crippen LogP contribution is -2.41. The number of nitrogens with zero attached hydrogens (tertiary/aromatic N) is 1. The first kappa shape index (κ1) is 11.6. The largest absolute Gasteiger partial charge is 0.378 e. The SMILES string of the molecule is CCCC(O)N1CCc2ccccc2[C@H]1C. The molecule has 88 valence electrons. The molecule has 2 rings (SSSR count). The monoisotopic (exact) mass is 219 g/mol. The molecular formula is C14H21NO. The van der Waals surface area contributed by atoms with Crippen molar-refractivity contribution < 1.29 is 5.11 Å². The van der Waals surface area contributed by atoms with Gasteiger partial charge in [-0.15, -0.1) is 0 Å². The van der Waals surface area contributed by atoms with Crippen LogP contribution in [0.25, 0.3) is 0 Å². The summed E-state index contributed by atoms with van der Waals surface area (Å²) in [5.74, 6) is 0. The van der Waals surface area contributed by atoms with Crippen LogP contribution in [0.1, 0.15) is 43.9 Å². The van der Waals surface area contributed by atoms with Gasteiger partial charge in [-0.25, -0.2) is 0 Å². The van der Waals surface area contributed by atoms with Gasteiger partial charge in [-0.2, -0.15) is 0 Å². The first-order chi connectivity index (χ1) is 7.74. The van der Waals surface area contributed by atoms with Crippen LogP contribution >= 0.6 is 0 Å². The van der Waals surface area contributed by atoms with Gasteiger partial charge in [0, 0.05) is 12.6 Å². The Hall–Kier alpha value is -0.860. The van der Waals surface area contributed by atoms with Crippen molar-refractivity contribution in [3.63, 3.8) is 0 Å². The van der Waals surface area contributed by atoms with E-state index in [9.17, 15) is 5.11 Å². The standard InChI is InChI=1S/C14H21NO/c1-3-6-14(16)15-10-9-12-7-4-5-8-13(12)11(15)2/h4-5,7-8,11,14,16H,3,6,9-10H2,1-2H3/t11-,14?/m1/s1. The average molecular weight is 219 g/mol. The molecule has 0 bridgehead atoms. The van der Waals surface area contributed by atoms with Crippen LogP contribution < -0.4 is 0 Å². The van der Waals surface area contributed by atoms with Crippen molar-refractivity contribution in [2.45, 2.75) is 45.4 Å². The predicted molar refractivity (Wildman–Crippen MR) is 66.2 cm³/mol. The van der Waals surface area contributed by atoms with Crippen molar-refractivity contribution >= 4 is 0 Å². The highest BCUT2D eigenvalue weighted by molar-refractivity contribution is 5.32. The van der Waals surface area contributed by atoms with Gasteiger partial charge in [0.1, 0.15) is 6.23 Å². The third-order valence-electron chi connectivity index (χ3n) is 3.57. The van der Waals surface area contributed by atoms with Crippen molar-refractivity contribution in [1.82, 2.24) is 4.90 Å². The molecule has 0 radical (unpaired) electrons. The van der Waals surface area contributed by atoms with Crippen LogP contribution in [0, 0.1) is 0 Å². The third-order valence-corrected chi connectivity index (χ3v) is 3.57. The molecule has 1 heterocycles. The molecule has 1 aromatic carbocycles. The Morgan fingerprint density at radius 3 is 2.94 bits per heavy atom. The highest BCUT2D eigenvalue weighted by Gasteiger charge is 2.27. The molecule has 1 aliphatic rings. The Morgan fingerprint density at radius 2 is 2.19 bits per heavy atom. The zero-order valence-corrected chi connectivity index (χ0v) is 10.2. The zero-order valence-electron chi connectivity index (χ0n) is 10.2. The fourth-order valence-electron chi connectivity index (χ4n) is 2.62. The lowest BCUT2D eigenvalue weighted by Gasteiger charge is -2.38. The average Bonchev–Trinajstić information content (AvgIpc) is 2.30. The van der Waals surface area contributed by atoms with Crippen molar-refractivity contribution in [1.29, 1.82) is 0 Å². The molecule has 0 saturated carbocycles. The predicted octanol–water partition coefficient (Wildman–Crippen LogP) is 2.72. The molecule has 1 aliphatic heterocycles. The minimum atomic E-state index is -0.284. The molecule has 0 aliphatic carbocycles. The van der Waals surface area contributed by atoms with Crippen LogP contribution in [-0.4, -0.2) is 22.8 Å². The molecule has 1 N–H and O–H groups in total. The number of rotatable bonds is 3. The van der Waals surface area contributed by atoms with Gasteiger partial charge < -0.3 is 5.11 Å². The summed E-state index contributed by atoms with van der Waals surface area (Å²) in [6.07, 6.45) is 2.67. The summed E-state index contributed by atoms with van der Waals surface area (Å²) in [6.45, 7) is 5.28. The molecule has 1 unspecified atom stereocenters. The van der Waals surface area contributed by atoms with Gasteiger partial charge in [0.2, 0.25) is 0 Å². The van der Waals surface area contributed by atoms with Crippen LogP contribution in [0.4, 0.5) is 0 Å². The quantitative estimate of drug-likeness (QED) is 0.845. The molecule has 0 amide bonds. The third kappa shape index (κ3) is 2.13. The van der Waals surface area contributed by atoms with Gasteiger partial charge in [-0.1, -0.05) is 37.6 Å². The second-order valence-electron chi connectivity index (χ2n) is 4.63. The van der Waals surface area contributed by atoms with Crippen LogP contribution in [0.5, 0.6) is 0 Å². The normalized spacial score (nSPS) is 22.8. The summed E-state index contributed by atoms with van der Waals surface area (Å²) in [5, 5.41) is 10.1. The fourth-order valence-corrected chi connectivity index (χ4v) is 2.62. The molecule has 0 saturated heterocycles. The number of hydrogen-bond acceptors (Lipinski definition) is 2. The van der Waals surface area contributed by atoms with E-state index in [1.807, 2.05) is 0 Å². The molecule has 2 atom stereocenters. The Labute approximate surface area is 97.9 Å². The highest BCUT2D eigenvalue weighted by Crippen LogP contribution is 2.30. The molecule has 0 spiro atoms. The van der Waals surface area contributed by atoms with E-state index >= 15 is 0 Å². The Balaban J connectivity index is 2.17. The summed E-state index contributed by atoms with van der Waals surface area (Å²) in [6, 6.07) is 8.92. The number of hydrogen-bond donors (Lipinski definition) is 1. The van der Waals surface area contributed by atoms with Crippen molar-refractivity contribution in [2.24, 2.45) is 0 Å².